The molecule has 0 saturated heterocycles. The molecule has 4 rings (SSSR count). The maximum Gasteiger partial charge on any atom is 0.0206 e. The molecule has 0 aliphatic heterocycles. The van der Waals surface area contributed by atoms with Crippen LogP contribution in [0.25, 0.3) is 0 Å². The second-order valence-corrected chi connectivity index (χ2v) is 11.4. The van der Waals surface area contributed by atoms with Crippen LogP contribution in [0.1, 0.15) is 36.0 Å². The predicted octanol–water partition coefficient (Wildman–Crippen LogP) is 2.75. The van der Waals surface area contributed by atoms with Crippen LogP contribution in [0.5, 0.6) is 0 Å². The third-order valence-corrected chi connectivity index (χ3v) is 7.74. The van der Waals surface area contributed by atoms with E-state index >= 15 is 0 Å². The van der Waals surface area contributed by atoms with E-state index in [9.17, 15) is 0 Å². The van der Waals surface area contributed by atoms with E-state index in [2.05, 4.69) is 88.7 Å². The average Bonchev–Trinajstić information content (AvgIpc) is 2.95. The Hall–Kier alpha value is -2.58. The summed E-state index contributed by atoms with van der Waals surface area (Å²) in [5.41, 5.74) is 23.4. The molecule has 3 aromatic carbocycles. The third kappa shape index (κ3) is 10.8. The first-order chi connectivity index (χ1) is 19.0. The molecule has 0 amide bonds. The highest BCUT2D eigenvalue weighted by molar-refractivity contribution is 5.17. The lowest BCUT2D eigenvalue weighted by Crippen LogP contribution is -2.54. The number of nitrogens with one attached hydrogen (secondary N) is 3. The van der Waals surface area contributed by atoms with Gasteiger partial charge in [0.05, 0.1) is 0 Å². The van der Waals surface area contributed by atoms with Gasteiger partial charge in [0.15, 0.2) is 0 Å². The molecule has 0 radical (unpaired) electrons. The number of nitrogens with two attached hydrogens (primary N) is 3. The summed E-state index contributed by atoms with van der Waals surface area (Å²) in [7, 11) is 0. The van der Waals surface area contributed by atoms with Crippen molar-refractivity contribution in [3.63, 3.8) is 0 Å². The molecule has 3 unspecified atom stereocenters. The highest BCUT2D eigenvalue weighted by Gasteiger charge is 2.29. The molecule has 0 aromatic heterocycles. The van der Waals surface area contributed by atoms with Crippen molar-refractivity contribution in [3.05, 3.63) is 108 Å². The summed E-state index contributed by atoms with van der Waals surface area (Å²) in [5.74, 6) is 0. The molecule has 210 valence electrons. The summed E-state index contributed by atoms with van der Waals surface area (Å²) >= 11 is 0. The van der Waals surface area contributed by atoms with Gasteiger partial charge in [0, 0.05) is 55.9 Å². The largest absolute Gasteiger partial charge is 0.326 e. The molecule has 0 bridgehead atoms. The molecule has 6 nitrogen and oxygen atoms in total. The maximum atomic E-state index is 6.51. The lowest BCUT2D eigenvalue weighted by Gasteiger charge is -2.38. The molecule has 1 fully saturated rings. The molecule has 39 heavy (non-hydrogen) atoms. The van der Waals surface area contributed by atoms with Crippen LogP contribution in [-0.2, 0) is 19.3 Å². The number of rotatable bonds is 15. The molecule has 1 aliphatic rings. The Morgan fingerprint density at radius 2 is 0.718 bits per heavy atom. The van der Waals surface area contributed by atoms with Crippen molar-refractivity contribution >= 4 is 0 Å². The van der Waals surface area contributed by atoms with Crippen molar-refractivity contribution in [2.45, 2.75) is 74.8 Å². The Kier molecular flexibility index (Phi) is 12.0. The lowest BCUT2D eigenvalue weighted by atomic mass is 9.86. The van der Waals surface area contributed by atoms with Gasteiger partial charge in [0.2, 0.25) is 0 Å². The number of benzene rings is 3. The highest BCUT2D eigenvalue weighted by atomic mass is 15.0. The van der Waals surface area contributed by atoms with E-state index in [-0.39, 0.29) is 18.1 Å². The van der Waals surface area contributed by atoms with E-state index in [4.69, 9.17) is 17.2 Å². The Bertz CT molecular complexity index is 905. The standard InChI is InChI=1S/C33H48N6/c34-28(16-25-10-4-1-5-11-25)22-37-31-19-32(38-23-29(35)17-26-12-6-2-7-13-26)21-33(20-31)39-24-30(36)18-27-14-8-3-9-15-27/h1-15,28-33,37-39H,16-24,34-36H2. The van der Waals surface area contributed by atoms with Crippen molar-refractivity contribution in [2.24, 2.45) is 17.2 Å². The van der Waals surface area contributed by atoms with Gasteiger partial charge in [-0.15, -0.1) is 0 Å². The quantitative estimate of drug-likeness (QED) is 0.181. The van der Waals surface area contributed by atoms with Crippen LogP contribution in [-0.4, -0.2) is 55.9 Å². The summed E-state index contributed by atoms with van der Waals surface area (Å²) < 4.78 is 0. The second kappa shape index (κ2) is 15.9. The van der Waals surface area contributed by atoms with Crippen LogP contribution in [0.15, 0.2) is 91.0 Å². The Balaban J connectivity index is 1.28. The molecule has 0 heterocycles. The van der Waals surface area contributed by atoms with Gasteiger partial charge in [-0.2, -0.15) is 0 Å². The highest BCUT2D eigenvalue weighted by Crippen LogP contribution is 2.20. The van der Waals surface area contributed by atoms with Gasteiger partial charge < -0.3 is 33.2 Å². The van der Waals surface area contributed by atoms with Gasteiger partial charge in [-0.1, -0.05) is 91.0 Å². The molecular weight excluding hydrogens is 480 g/mol. The molecular formula is C33H48N6. The first-order valence-corrected chi connectivity index (χ1v) is 14.6. The fourth-order valence-corrected chi connectivity index (χ4v) is 5.74. The van der Waals surface area contributed by atoms with Crippen molar-refractivity contribution in [1.29, 1.82) is 0 Å². The van der Waals surface area contributed by atoms with Crippen molar-refractivity contribution in [2.75, 3.05) is 19.6 Å². The van der Waals surface area contributed by atoms with Gasteiger partial charge in [-0.25, -0.2) is 0 Å². The van der Waals surface area contributed by atoms with Gasteiger partial charge in [-0.3, -0.25) is 0 Å². The van der Waals surface area contributed by atoms with Crippen LogP contribution in [0.4, 0.5) is 0 Å². The van der Waals surface area contributed by atoms with Crippen molar-refractivity contribution in [3.8, 4) is 0 Å². The van der Waals surface area contributed by atoms with E-state index in [1.165, 1.54) is 16.7 Å². The summed E-state index contributed by atoms with van der Waals surface area (Å²) in [4.78, 5) is 0. The molecule has 9 N–H and O–H groups in total. The van der Waals surface area contributed by atoms with E-state index in [1.807, 2.05) is 18.2 Å². The van der Waals surface area contributed by atoms with Crippen molar-refractivity contribution < 1.29 is 0 Å². The van der Waals surface area contributed by atoms with E-state index in [0.29, 0.717) is 18.1 Å². The minimum atomic E-state index is 0.0886. The zero-order valence-electron chi connectivity index (χ0n) is 23.2. The van der Waals surface area contributed by atoms with Crippen LogP contribution in [0.3, 0.4) is 0 Å². The summed E-state index contributed by atoms with van der Waals surface area (Å²) in [5, 5.41) is 11.4. The summed E-state index contributed by atoms with van der Waals surface area (Å²) in [6, 6.07) is 33.0. The smallest absolute Gasteiger partial charge is 0.0206 e. The molecule has 1 aliphatic carbocycles. The monoisotopic (exact) mass is 528 g/mol. The Morgan fingerprint density at radius 3 is 0.974 bits per heavy atom. The topological polar surface area (TPSA) is 114 Å². The van der Waals surface area contributed by atoms with Crippen LogP contribution < -0.4 is 33.2 Å². The SMILES string of the molecule is NC(CNC1CC(NCC(N)Cc2ccccc2)CC(NCC(N)Cc2ccccc2)C1)Cc1ccccc1. The van der Waals surface area contributed by atoms with Crippen LogP contribution in [0, 0.1) is 0 Å². The Labute approximate surface area is 235 Å². The van der Waals surface area contributed by atoms with Crippen LogP contribution in [0.2, 0.25) is 0 Å². The first kappa shape index (κ1) is 29.4. The fourth-order valence-electron chi connectivity index (χ4n) is 5.74. The lowest BCUT2D eigenvalue weighted by molar-refractivity contribution is 0.242. The molecule has 1 saturated carbocycles. The number of hydrogen-bond donors (Lipinski definition) is 6. The van der Waals surface area contributed by atoms with Gasteiger partial charge in [-0.05, 0) is 55.2 Å². The Morgan fingerprint density at radius 1 is 0.462 bits per heavy atom. The molecule has 3 atom stereocenters. The van der Waals surface area contributed by atoms with E-state index in [1.54, 1.807) is 0 Å². The molecule has 6 heteroatoms. The average molecular weight is 529 g/mol. The van der Waals surface area contributed by atoms with Gasteiger partial charge in [0.25, 0.3) is 0 Å². The zero-order chi connectivity index (χ0) is 27.3. The van der Waals surface area contributed by atoms with Crippen molar-refractivity contribution in [1.82, 2.24) is 16.0 Å². The number of hydrogen-bond acceptors (Lipinski definition) is 6. The zero-order valence-corrected chi connectivity index (χ0v) is 23.2. The first-order valence-electron chi connectivity index (χ1n) is 14.6. The molecule has 0 spiro atoms. The predicted molar refractivity (Wildman–Crippen MR) is 164 cm³/mol. The fraction of sp³-hybridized carbons (Fsp3) is 0.455. The third-order valence-electron chi connectivity index (χ3n) is 7.74. The minimum absolute atomic E-state index is 0.0886. The normalized spacial score (nSPS) is 21.8. The van der Waals surface area contributed by atoms with E-state index in [0.717, 1.165) is 58.2 Å². The minimum Gasteiger partial charge on any atom is -0.326 e. The summed E-state index contributed by atoms with van der Waals surface area (Å²) in [6.45, 7) is 2.42. The van der Waals surface area contributed by atoms with Gasteiger partial charge in [0.1, 0.15) is 0 Å². The van der Waals surface area contributed by atoms with Gasteiger partial charge >= 0.3 is 0 Å². The van der Waals surface area contributed by atoms with Crippen LogP contribution >= 0.6 is 0 Å². The second-order valence-electron chi connectivity index (χ2n) is 11.4. The maximum absolute atomic E-state index is 6.51. The summed E-state index contributed by atoms with van der Waals surface area (Å²) in [6.07, 6.45) is 5.87. The molecule has 3 aromatic rings. The van der Waals surface area contributed by atoms with E-state index < -0.39 is 0 Å².